The Labute approximate surface area is 182 Å². The predicted molar refractivity (Wildman–Crippen MR) is 112 cm³/mol. The zero-order valence-electron chi connectivity index (χ0n) is 17.4. The van der Waals surface area contributed by atoms with E-state index in [1.807, 2.05) is 24.3 Å². The molecule has 0 fully saturated rings. The van der Waals surface area contributed by atoms with Crippen molar-refractivity contribution in [3.63, 3.8) is 0 Å². The summed E-state index contributed by atoms with van der Waals surface area (Å²) in [6, 6.07) is 12.3. The van der Waals surface area contributed by atoms with Gasteiger partial charge in [0, 0.05) is 24.6 Å². The summed E-state index contributed by atoms with van der Waals surface area (Å²) >= 11 is 0. The van der Waals surface area contributed by atoms with E-state index in [-0.39, 0.29) is 11.7 Å². The van der Waals surface area contributed by atoms with Crippen LogP contribution in [0.5, 0.6) is 11.6 Å². The van der Waals surface area contributed by atoms with Crippen molar-refractivity contribution >= 4 is 17.4 Å². The Hall–Kier alpha value is -3.62. The van der Waals surface area contributed by atoms with E-state index in [4.69, 9.17) is 9.47 Å². The molecule has 166 valence electrons. The summed E-state index contributed by atoms with van der Waals surface area (Å²) in [5, 5.41) is 2.84. The summed E-state index contributed by atoms with van der Waals surface area (Å²) in [4.78, 5) is 19.4. The molecule has 2 aromatic carbocycles. The Morgan fingerprint density at radius 2 is 1.81 bits per heavy atom. The maximum Gasteiger partial charge on any atom is 0.423 e. The van der Waals surface area contributed by atoms with Gasteiger partial charge in [-0.2, -0.15) is 18.2 Å². The zero-order chi connectivity index (χ0) is 22.9. The largest absolute Gasteiger partial charge is 0.495 e. The number of ketones is 1. The Bertz CT molecular complexity index is 1140. The van der Waals surface area contributed by atoms with E-state index in [9.17, 15) is 18.0 Å². The van der Waals surface area contributed by atoms with Crippen LogP contribution in [-0.4, -0.2) is 29.0 Å². The van der Waals surface area contributed by atoms with Crippen LogP contribution >= 0.6 is 0 Å². The first-order chi connectivity index (χ1) is 15.2. The molecule has 1 aliphatic rings. The molecule has 0 aliphatic heterocycles. The first kappa shape index (κ1) is 21.6. The first-order valence-electron chi connectivity index (χ1n) is 9.88. The lowest BCUT2D eigenvalue weighted by molar-refractivity contribution is -0.139. The molecule has 0 amide bonds. The van der Waals surface area contributed by atoms with Crippen molar-refractivity contribution in [2.24, 2.45) is 0 Å². The van der Waals surface area contributed by atoms with Crippen LogP contribution in [0.4, 0.5) is 24.8 Å². The topological polar surface area (TPSA) is 73.3 Å². The zero-order valence-corrected chi connectivity index (χ0v) is 17.4. The van der Waals surface area contributed by atoms with Crippen LogP contribution < -0.4 is 14.8 Å². The smallest absolute Gasteiger partial charge is 0.423 e. The van der Waals surface area contributed by atoms with Gasteiger partial charge < -0.3 is 14.8 Å². The molecule has 0 spiro atoms. The first-order valence-corrected chi connectivity index (χ1v) is 9.88. The summed E-state index contributed by atoms with van der Waals surface area (Å²) in [5.74, 6) is -0.437. The molecule has 1 N–H and O–H groups in total. The molecular formula is C23H20F3N3O3. The lowest BCUT2D eigenvalue weighted by atomic mass is 10.1. The normalized spacial score (nSPS) is 13.5. The molecule has 1 aromatic heterocycles. The van der Waals surface area contributed by atoms with Gasteiger partial charge in [0.1, 0.15) is 17.4 Å². The molecule has 1 heterocycles. The molecule has 3 aromatic rings. The van der Waals surface area contributed by atoms with Crippen molar-refractivity contribution in [1.82, 2.24) is 9.97 Å². The predicted octanol–water partition coefficient (Wildman–Crippen LogP) is 5.00. The number of fused-ring (bicyclic) bond motifs is 1. The molecule has 0 bridgehead atoms. The second kappa shape index (κ2) is 8.49. The fraction of sp³-hybridized carbons (Fsp3) is 0.261. The third kappa shape index (κ3) is 4.51. The van der Waals surface area contributed by atoms with E-state index in [0.29, 0.717) is 36.0 Å². The van der Waals surface area contributed by atoms with Crippen molar-refractivity contribution in [3.05, 3.63) is 70.9 Å². The molecule has 0 unspecified atom stereocenters. The van der Waals surface area contributed by atoms with Gasteiger partial charge in [-0.25, -0.2) is 4.98 Å². The van der Waals surface area contributed by atoms with E-state index in [1.165, 1.54) is 20.1 Å². The van der Waals surface area contributed by atoms with Gasteiger partial charge in [0.15, 0.2) is 5.78 Å². The van der Waals surface area contributed by atoms with Crippen molar-refractivity contribution in [2.45, 2.75) is 32.0 Å². The minimum atomic E-state index is -4.67. The van der Waals surface area contributed by atoms with E-state index < -0.39 is 23.7 Å². The number of hydrogen-bond donors (Lipinski definition) is 1. The SMILES string of the molecule is COc1cc(C(C)=O)ccc1Nc1ncc(C(F)(F)F)c(OC2Cc3ccccc3C2)n1. The number of anilines is 2. The van der Waals surface area contributed by atoms with Crippen LogP contribution in [0.1, 0.15) is 34.0 Å². The lowest BCUT2D eigenvalue weighted by Crippen LogP contribution is -2.21. The van der Waals surface area contributed by atoms with Crippen molar-refractivity contribution < 1.29 is 27.4 Å². The van der Waals surface area contributed by atoms with Gasteiger partial charge in [0.25, 0.3) is 0 Å². The second-order valence-corrected chi connectivity index (χ2v) is 7.42. The van der Waals surface area contributed by atoms with Crippen LogP contribution in [-0.2, 0) is 19.0 Å². The number of ether oxygens (including phenoxy) is 2. The van der Waals surface area contributed by atoms with Crippen molar-refractivity contribution in [2.75, 3.05) is 12.4 Å². The van der Waals surface area contributed by atoms with Crippen LogP contribution in [0.2, 0.25) is 0 Å². The molecule has 0 atom stereocenters. The summed E-state index contributed by atoms with van der Waals surface area (Å²) in [5.41, 5.74) is 1.89. The third-order valence-corrected chi connectivity index (χ3v) is 5.21. The molecule has 1 aliphatic carbocycles. The number of rotatable bonds is 6. The summed E-state index contributed by atoms with van der Waals surface area (Å²) in [6.45, 7) is 1.42. The summed E-state index contributed by atoms with van der Waals surface area (Å²) in [7, 11) is 1.42. The van der Waals surface area contributed by atoms with Crippen LogP contribution in [0.25, 0.3) is 0 Å². The Morgan fingerprint density at radius 1 is 1.12 bits per heavy atom. The minimum absolute atomic E-state index is 0.0858. The number of methoxy groups -OCH3 is 1. The van der Waals surface area contributed by atoms with Crippen LogP contribution in [0.15, 0.2) is 48.7 Å². The number of alkyl halides is 3. The highest BCUT2D eigenvalue weighted by atomic mass is 19.4. The number of benzene rings is 2. The number of nitrogens with one attached hydrogen (secondary N) is 1. The molecule has 0 radical (unpaired) electrons. The number of carbonyl (C=O) groups is 1. The molecule has 0 saturated heterocycles. The maximum atomic E-state index is 13.6. The van der Waals surface area contributed by atoms with Gasteiger partial charge in [0.2, 0.25) is 11.8 Å². The van der Waals surface area contributed by atoms with E-state index in [1.54, 1.807) is 12.1 Å². The lowest BCUT2D eigenvalue weighted by Gasteiger charge is -2.18. The number of halogens is 3. The highest BCUT2D eigenvalue weighted by Crippen LogP contribution is 2.37. The minimum Gasteiger partial charge on any atom is -0.495 e. The molecule has 6 nitrogen and oxygen atoms in total. The van der Waals surface area contributed by atoms with Gasteiger partial charge in [-0.05, 0) is 36.2 Å². The van der Waals surface area contributed by atoms with Gasteiger partial charge in [-0.1, -0.05) is 24.3 Å². The molecule has 4 rings (SSSR count). The standard InChI is InChI=1S/C23H20F3N3O3/c1-13(30)14-7-8-19(20(11-14)31-2)28-22-27-12-18(23(24,25)26)21(29-22)32-17-9-15-5-3-4-6-16(15)10-17/h3-8,11-12,17H,9-10H2,1-2H3,(H,27,28,29). The van der Waals surface area contributed by atoms with Crippen LogP contribution in [0, 0.1) is 0 Å². The van der Waals surface area contributed by atoms with Gasteiger partial charge in [0.05, 0.1) is 12.8 Å². The van der Waals surface area contributed by atoms with Crippen molar-refractivity contribution in [1.29, 1.82) is 0 Å². The van der Waals surface area contributed by atoms with E-state index in [0.717, 1.165) is 11.1 Å². The van der Waals surface area contributed by atoms with Gasteiger partial charge in [-0.15, -0.1) is 0 Å². The van der Waals surface area contributed by atoms with Crippen molar-refractivity contribution in [3.8, 4) is 11.6 Å². The van der Waals surface area contributed by atoms with Gasteiger partial charge in [-0.3, -0.25) is 4.79 Å². The highest BCUT2D eigenvalue weighted by molar-refractivity contribution is 5.95. The monoisotopic (exact) mass is 443 g/mol. The van der Waals surface area contributed by atoms with E-state index in [2.05, 4.69) is 15.3 Å². The molecule has 32 heavy (non-hydrogen) atoms. The molecule has 0 saturated carbocycles. The molecular weight excluding hydrogens is 423 g/mol. The fourth-order valence-corrected chi connectivity index (χ4v) is 3.60. The average Bonchev–Trinajstić information content (AvgIpc) is 3.15. The number of nitrogens with zero attached hydrogens (tertiary/aromatic N) is 2. The average molecular weight is 443 g/mol. The fourth-order valence-electron chi connectivity index (χ4n) is 3.60. The number of hydrogen-bond acceptors (Lipinski definition) is 6. The second-order valence-electron chi connectivity index (χ2n) is 7.42. The molecule has 9 heteroatoms. The number of carbonyl (C=O) groups excluding carboxylic acids is 1. The third-order valence-electron chi connectivity index (χ3n) is 5.21. The highest BCUT2D eigenvalue weighted by Gasteiger charge is 2.37. The Kier molecular flexibility index (Phi) is 5.73. The number of aromatic nitrogens is 2. The quantitative estimate of drug-likeness (QED) is 0.541. The summed E-state index contributed by atoms with van der Waals surface area (Å²) in [6.07, 6.45) is -3.43. The van der Waals surface area contributed by atoms with Gasteiger partial charge >= 0.3 is 6.18 Å². The Balaban J connectivity index is 1.62. The Morgan fingerprint density at radius 3 is 2.41 bits per heavy atom. The maximum absolute atomic E-state index is 13.6. The van der Waals surface area contributed by atoms with E-state index >= 15 is 0 Å². The summed E-state index contributed by atoms with van der Waals surface area (Å²) < 4.78 is 51.6. The van der Waals surface area contributed by atoms with Crippen LogP contribution in [0.3, 0.4) is 0 Å². The number of Topliss-reactive ketones (excluding diaryl/α,β-unsaturated/α-hetero) is 1.